The van der Waals surface area contributed by atoms with E-state index >= 15 is 0 Å². The summed E-state index contributed by atoms with van der Waals surface area (Å²) in [4.78, 5) is 0.272. The van der Waals surface area contributed by atoms with Crippen molar-refractivity contribution in [3.05, 3.63) is 29.8 Å². The summed E-state index contributed by atoms with van der Waals surface area (Å²) in [5.41, 5.74) is 0.906. The van der Waals surface area contributed by atoms with Crippen LogP contribution in [0, 0.1) is 6.92 Å². The third-order valence-electron chi connectivity index (χ3n) is 2.59. The average Bonchev–Trinajstić information content (AvgIpc) is 2.28. The second-order valence-corrected chi connectivity index (χ2v) is 5.77. The molecule has 2 N–H and O–H groups in total. The van der Waals surface area contributed by atoms with Crippen molar-refractivity contribution < 1.29 is 13.5 Å². The Labute approximate surface area is 103 Å². The molecule has 5 heteroatoms. The van der Waals surface area contributed by atoms with Gasteiger partial charge in [-0.15, -0.1) is 0 Å². The van der Waals surface area contributed by atoms with Gasteiger partial charge in [-0.05, 0) is 37.5 Å². The van der Waals surface area contributed by atoms with Crippen LogP contribution in [-0.4, -0.2) is 26.2 Å². The number of nitrogens with one attached hydrogen (secondary N) is 1. The number of hydrogen-bond acceptors (Lipinski definition) is 3. The van der Waals surface area contributed by atoms with Gasteiger partial charge in [-0.3, -0.25) is 0 Å². The van der Waals surface area contributed by atoms with Gasteiger partial charge in [0.05, 0.1) is 4.90 Å². The number of aliphatic hydroxyl groups excluding tert-OH is 1. The molecule has 0 aliphatic rings. The lowest BCUT2D eigenvalue weighted by Crippen LogP contribution is -2.35. The molecule has 0 bridgehead atoms. The summed E-state index contributed by atoms with van der Waals surface area (Å²) in [5, 5.41) is 8.84. The number of aryl methyl sites for hydroxylation is 1. The van der Waals surface area contributed by atoms with Crippen molar-refractivity contribution in [2.24, 2.45) is 0 Å². The van der Waals surface area contributed by atoms with E-state index in [0.717, 1.165) is 5.56 Å². The summed E-state index contributed by atoms with van der Waals surface area (Å²) in [5.74, 6) is 0. The molecule has 0 aromatic heterocycles. The van der Waals surface area contributed by atoms with Gasteiger partial charge in [-0.25, -0.2) is 13.1 Å². The van der Waals surface area contributed by atoms with E-state index in [2.05, 4.69) is 4.72 Å². The van der Waals surface area contributed by atoms with Crippen molar-refractivity contribution in [2.45, 2.75) is 37.6 Å². The first-order valence-electron chi connectivity index (χ1n) is 5.69. The Hall–Kier alpha value is -0.910. The fraction of sp³-hybridized carbons (Fsp3) is 0.500. The lowest BCUT2D eigenvalue weighted by atomic mass is 10.2. The molecule has 1 aromatic rings. The smallest absolute Gasteiger partial charge is 0.240 e. The molecule has 1 rings (SSSR count). The quantitative estimate of drug-likeness (QED) is 0.810. The van der Waals surface area contributed by atoms with Gasteiger partial charge in [0, 0.05) is 12.6 Å². The van der Waals surface area contributed by atoms with Gasteiger partial charge in [0.1, 0.15) is 0 Å². The Morgan fingerprint density at radius 1 is 1.41 bits per heavy atom. The van der Waals surface area contributed by atoms with Gasteiger partial charge in [-0.1, -0.05) is 19.1 Å². The minimum absolute atomic E-state index is 0.0190. The van der Waals surface area contributed by atoms with E-state index in [-0.39, 0.29) is 17.5 Å². The van der Waals surface area contributed by atoms with Crippen LogP contribution < -0.4 is 4.72 Å². The van der Waals surface area contributed by atoms with Gasteiger partial charge in [0.2, 0.25) is 10.0 Å². The summed E-state index contributed by atoms with van der Waals surface area (Å²) in [7, 11) is -3.48. The minimum Gasteiger partial charge on any atom is -0.396 e. The van der Waals surface area contributed by atoms with Crippen LogP contribution in [0.2, 0.25) is 0 Å². The van der Waals surface area contributed by atoms with Crippen LogP contribution in [0.3, 0.4) is 0 Å². The Bertz CT molecular complexity index is 457. The van der Waals surface area contributed by atoms with Gasteiger partial charge in [0.15, 0.2) is 0 Å². The number of aliphatic hydroxyl groups is 1. The molecule has 1 aromatic carbocycles. The van der Waals surface area contributed by atoms with E-state index in [1.54, 1.807) is 18.2 Å². The number of rotatable bonds is 6. The zero-order valence-electron chi connectivity index (χ0n) is 10.2. The number of benzene rings is 1. The second-order valence-electron chi connectivity index (χ2n) is 4.06. The molecule has 0 radical (unpaired) electrons. The first kappa shape index (κ1) is 14.2. The van der Waals surface area contributed by atoms with E-state index in [1.165, 1.54) is 0 Å². The number of hydrogen-bond donors (Lipinski definition) is 2. The summed E-state index contributed by atoms with van der Waals surface area (Å²) in [6, 6.07) is 6.56. The minimum atomic E-state index is -3.48. The normalized spacial score (nSPS) is 13.6. The molecular formula is C12H19NO3S. The van der Waals surface area contributed by atoms with Crippen LogP contribution in [0.1, 0.15) is 25.3 Å². The molecule has 0 saturated carbocycles. The average molecular weight is 257 g/mol. The van der Waals surface area contributed by atoms with Crippen molar-refractivity contribution in [1.82, 2.24) is 4.72 Å². The van der Waals surface area contributed by atoms with Crippen molar-refractivity contribution in [1.29, 1.82) is 0 Å². The summed E-state index contributed by atoms with van der Waals surface area (Å²) in [6.45, 7) is 3.72. The van der Waals surface area contributed by atoms with Gasteiger partial charge in [0.25, 0.3) is 0 Å². The maximum absolute atomic E-state index is 12.0. The topological polar surface area (TPSA) is 66.4 Å². The molecule has 0 saturated heterocycles. The third-order valence-corrected chi connectivity index (χ3v) is 4.11. The van der Waals surface area contributed by atoms with E-state index in [4.69, 9.17) is 5.11 Å². The first-order valence-corrected chi connectivity index (χ1v) is 7.17. The largest absolute Gasteiger partial charge is 0.396 e. The van der Waals surface area contributed by atoms with Crippen LogP contribution in [0.15, 0.2) is 29.2 Å². The highest BCUT2D eigenvalue weighted by molar-refractivity contribution is 7.89. The van der Waals surface area contributed by atoms with E-state index in [0.29, 0.717) is 12.8 Å². The monoisotopic (exact) mass is 257 g/mol. The predicted molar refractivity (Wildman–Crippen MR) is 67.3 cm³/mol. The zero-order chi connectivity index (χ0) is 12.9. The van der Waals surface area contributed by atoms with E-state index in [9.17, 15) is 8.42 Å². The fourth-order valence-electron chi connectivity index (χ4n) is 1.57. The molecule has 0 heterocycles. The van der Waals surface area contributed by atoms with Crippen LogP contribution in [0.5, 0.6) is 0 Å². The van der Waals surface area contributed by atoms with Crippen LogP contribution in [0.25, 0.3) is 0 Å². The standard InChI is InChI=1S/C12H19NO3S/c1-3-11(7-8-14)13-17(15,16)12-6-4-5-10(2)9-12/h4-6,9,11,13-14H,3,7-8H2,1-2H3. The molecule has 1 atom stereocenters. The maximum atomic E-state index is 12.0. The van der Waals surface area contributed by atoms with Crippen molar-refractivity contribution in [2.75, 3.05) is 6.61 Å². The third kappa shape index (κ3) is 4.11. The van der Waals surface area contributed by atoms with E-state index in [1.807, 2.05) is 19.9 Å². The predicted octanol–water partition coefficient (Wildman–Crippen LogP) is 1.43. The molecule has 96 valence electrons. The molecule has 1 unspecified atom stereocenters. The van der Waals surface area contributed by atoms with Crippen LogP contribution >= 0.6 is 0 Å². The Morgan fingerprint density at radius 2 is 2.12 bits per heavy atom. The lowest BCUT2D eigenvalue weighted by Gasteiger charge is -2.16. The highest BCUT2D eigenvalue weighted by Gasteiger charge is 2.18. The summed E-state index contributed by atoms with van der Waals surface area (Å²) < 4.78 is 26.7. The highest BCUT2D eigenvalue weighted by atomic mass is 32.2. The molecule has 4 nitrogen and oxygen atoms in total. The summed E-state index contributed by atoms with van der Waals surface area (Å²) >= 11 is 0. The Balaban J connectivity index is 2.88. The molecule has 0 aliphatic carbocycles. The fourth-order valence-corrected chi connectivity index (χ4v) is 3.03. The van der Waals surface area contributed by atoms with Crippen molar-refractivity contribution in [3.8, 4) is 0 Å². The lowest BCUT2D eigenvalue weighted by molar-refractivity contribution is 0.270. The van der Waals surface area contributed by atoms with E-state index < -0.39 is 10.0 Å². The molecule has 0 spiro atoms. The zero-order valence-corrected chi connectivity index (χ0v) is 11.0. The van der Waals surface area contributed by atoms with Gasteiger partial charge >= 0.3 is 0 Å². The molecular weight excluding hydrogens is 238 g/mol. The van der Waals surface area contributed by atoms with Gasteiger partial charge in [-0.2, -0.15) is 0 Å². The van der Waals surface area contributed by atoms with Crippen LogP contribution in [-0.2, 0) is 10.0 Å². The molecule has 0 fully saturated rings. The van der Waals surface area contributed by atoms with Crippen LogP contribution in [0.4, 0.5) is 0 Å². The number of sulfonamides is 1. The Morgan fingerprint density at radius 3 is 2.65 bits per heavy atom. The molecule has 0 aliphatic heterocycles. The SMILES string of the molecule is CCC(CCO)NS(=O)(=O)c1cccc(C)c1. The highest BCUT2D eigenvalue weighted by Crippen LogP contribution is 2.12. The van der Waals surface area contributed by atoms with Crippen molar-refractivity contribution in [3.63, 3.8) is 0 Å². The second kappa shape index (κ2) is 6.14. The summed E-state index contributed by atoms with van der Waals surface area (Å²) in [6.07, 6.45) is 1.09. The first-order chi connectivity index (χ1) is 7.99. The Kier molecular flexibility index (Phi) is 5.11. The molecule has 17 heavy (non-hydrogen) atoms. The maximum Gasteiger partial charge on any atom is 0.240 e. The molecule has 0 amide bonds. The van der Waals surface area contributed by atoms with Crippen molar-refractivity contribution >= 4 is 10.0 Å². The van der Waals surface area contributed by atoms with Gasteiger partial charge < -0.3 is 5.11 Å².